The van der Waals surface area contributed by atoms with Crippen LogP contribution in [0.25, 0.3) is 22.3 Å². The van der Waals surface area contributed by atoms with Crippen molar-refractivity contribution in [2.24, 2.45) is 0 Å². The maximum atomic E-state index is 9.39. The molecule has 0 heterocycles. The van der Waals surface area contributed by atoms with Crippen molar-refractivity contribution in [3.63, 3.8) is 0 Å². The maximum absolute atomic E-state index is 9.39. The van der Waals surface area contributed by atoms with Crippen molar-refractivity contribution in [2.45, 2.75) is 6.92 Å². The molecule has 3 heteroatoms. The molecule has 110 valence electrons. The van der Waals surface area contributed by atoms with Gasteiger partial charge in [0, 0.05) is 11.1 Å². The molecule has 0 aromatic heterocycles. The summed E-state index contributed by atoms with van der Waals surface area (Å²) in [6, 6.07) is 19.1. The highest BCUT2D eigenvalue weighted by molar-refractivity contribution is 5.93. The fourth-order valence-corrected chi connectivity index (χ4v) is 2.51. The van der Waals surface area contributed by atoms with Crippen LogP contribution in [0.1, 0.15) is 5.56 Å². The molecule has 3 aromatic rings. The molecule has 3 nitrogen and oxygen atoms in total. The third-order valence-electron chi connectivity index (χ3n) is 3.83. The molecule has 0 unspecified atom stereocenters. The van der Waals surface area contributed by atoms with Gasteiger partial charge in [0.2, 0.25) is 0 Å². The molecule has 3 rings (SSSR count). The van der Waals surface area contributed by atoms with Crippen LogP contribution < -0.4 is 11.5 Å². The Hall–Kier alpha value is -2.94. The number of rotatable bonds is 2. The first-order valence-corrected chi connectivity index (χ1v) is 7.10. The molecule has 0 atom stereocenters. The van der Waals surface area contributed by atoms with Gasteiger partial charge in [-0.15, -0.1) is 0 Å². The Labute approximate surface area is 129 Å². The molecule has 0 saturated heterocycles. The number of nitrogens with two attached hydrogens (primary N) is 2. The molecule has 22 heavy (non-hydrogen) atoms. The smallest absolute Gasteiger partial charge is 0.115 e. The SMILES string of the molecule is Cc1ccc(-c2ccc(-c3ccc(O)cc3)c(N)c2N)cc1. The molecule has 0 fully saturated rings. The average Bonchev–Trinajstić information content (AvgIpc) is 2.52. The van der Waals surface area contributed by atoms with Crippen LogP contribution in [0.3, 0.4) is 0 Å². The molecule has 0 aliphatic heterocycles. The molecule has 3 aromatic carbocycles. The Morgan fingerprint density at radius 2 is 1.05 bits per heavy atom. The summed E-state index contributed by atoms with van der Waals surface area (Å²) in [4.78, 5) is 0. The highest BCUT2D eigenvalue weighted by atomic mass is 16.3. The van der Waals surface area contributed by atoms with Gasteiger partial charge in [-0.3, -0.25) is 0 Å². The topological polar surface area (TPSA) is 72.3 Å². The minimum atomic E-state index is 0.228. The van der Waals surface area contributed by atoms with Gasteiger partial charge in [-0.05, 0) is 30.2 Å². The number of aromatic hydroxyl groups is 1. The van der Waals surface area contributed by atoms with Crippen LogP contribution >= 0.6 is 0 Å². The summed E-state index contributed by atoms with van der Waals surface area (Å²) in [6.45, 7) is 2.05. The van der Waals surface area contributed by atoms with E-state index in [0.29, 0.717) is 11.4 Å². The Bertz CT molecular complexity index is 736. The number of phenolic OH excluding ortho intramolecular Hbond substituents is 1. The maximum Gasteiger partial charge on any atom is 0.115 e. The van der Waals surface area contributed by atoms with Crippen molar-refractivity contribution in [1.82, 2.24) is 0 Å². The van der Waals surface area contributed by atoms with Crippen LogP contribution in [0.4, 0.5) is 11.4 Å². The number of nitrogen functional groups attached to an aromatic ring is 2. The fraction of sp³-hybridized carbons (Fsp3) is 0.0526. The zero-order valence-corrected chi connectivity index (χ0v) is 12.4. The number of aryl methyl sites for hydroxylation is 1. The zero-order valence-electron chi connectivity index (χ0n) is 12.4. The third-order valence-corrected chi connectivity index (χ3v) is 3.83. The lowest BCUT2D eigenvalue weighted by Gasteiger charge is -2.13. The summed E-state index contributed by atoms with van der Waals surface area (Å²) in [5.41, 5.74) is 18.6. The van der Waals surface area contributed by atoms with Gasteiger partial charge in [0.05, 0.1) is 11.4 Å². The molecule has 5 N–H and O–H groups in total. The van der Waals surface area contributed by atoms with E-state index in [9.17, 15) is 5.11 Å². The summed E-state index contributed by atoms with van der Waals surface area (Å²) in [7, 11) is 0. The summed E-state index contributed by atoms with van der Waals surface area (Å²) >= 11 is 0. The second kappa shape index (κ2) is 5.45. The van der Waals surface area contributed by atoms with Crippen LogP contribution in [0.15, 0.2) is 60.7 Å². The second-order valence-corrected chi connectivity index (χ2v) is 5.40. The average molecular weight is 290 g/mol. The van der Waals surface area contributed by atoms with E-state index in [4.69, 9.17) is 11.5 Å². The fourth-order valence-electron chi connectivity index (χ4n) is 2.51. The first-order valence-electron chi connectivity index (χ1n) is 7.10. The normalized spacial score (nSPS) is 10.6. The highest BCUT2D eigenvalue weighted by Crippen LogP contribution is 2.37. The summed E-state index contributed by atoms with van der Waals surface area (Å²) in [5.74, 6) is 0.228. The molecule has 0 spiro atoms. The van der Waals surface area contributed by atoms with Gasteiger partial charge in [0.25, 0.3) is 0 Å². The first-order chi connectivity index (χ1) is 10.6. The standard InChI is InChI=1S/C19H18N2O/c1-12-2-4-13(5-3-12)16-10-11-17(19(21)18(16)20)14-6-8-15(22)9-7-14/h2-11,22H,20-21H2,1H3. The van der Waals surface area contributed by atoms with Crippen molar-refractivity contribution >= 4 is 11.4 Å². The van der Waals surface area contributed by atoms with Crippen molar-refractivity contribution in [3.8, 4) is 28.0 Å². The quantitative estimate of drug-likeness (QED) is 0.619. The Morgan fingerprint density at radius 3 is 1.50 bits per heavy atom. The van der Waals surface area contributed by atoms with Crippen LogP contribution in [0.5, 0.6) is 5.75 Å². The van der Waals surface area contributed by atoms with E-state index >= 15 is 0 Å². The van der Waals surface area contributed by atoms with Crippen LogP contribution in [0, 0.1) is 6.92 Å². The van der Waals surface area contributed by atoms with E-state index in [2.05, 4.69) is 19.1 Å². The predicted octanol–water partition coefficient (Wildman–Crippen LogP) is 4.20. The van der Waals surface area contributed by atoms with Crippen molar-refractivity contribution in [2.75, 3.05) is 11.5 Å². The molecular formula is C19H18N2O. The van der Waals surface area contributed by atoms with Gasteiger partial charge < -0.3 is 16.6 Å². The second-order valence-electron chi connectivity index (χ2n) is 5.40. The largest absolute Gasteiger partial charge is 0.508 e. The minimum absolute atomic E-state index is 0.228. The summed E-state index contributed by atoms with van der Waals surface area (Å²) in [5, 5.41) is 9.39. The highest BCUT2D eigenvalue weighted by Gasteiger charge is 2.11. The van der Waals surface area contributed by atoms with Gasteiger partial charge in [-0.25, -0.2) is 0 Å². The van der Waals surface area contributed by atoms with Crippen LogP contribution in [-0.2, 0) is 0 Å². The number of hydrogen-bond acceptors (Lipinski definition) is 3. The number of benzene rings is 3. The Kier molecular flexibility index (Phi) is 3.47. The van der Waals surface area contributed by atoms with Crippen molar-refractivity contribution < 1.29 is 5.11 Å². The lowest BCUT2D eigenvalue weighted by molar-refractivity contribution is 0.475. The van der Waals surface area contributed by atoms with E-state index < -0.39 is 0 Å². The van der Waals surface area contributed by atoms with Crippen molar-refractivity contribution in [1.29, 1.82) is 0 Å². The molecule has 0 amide bonds. The van der Waals surface area contributed by atoms with E-state index in [0.717, 1.165) is 22.3 Å². The molecule has 0 radical (unpaired) electrons. The van der Waals surface area contributed by atoms with Gasteiger partial charge in [-0.1, -0.05) is 54.1 Å². The van der Waals surface area contributed by atoms with E-state index in [1.165, 1.54) is 5.56 Å². The number of hydrogen-bond donors (Lipinski definition) is 3. The minimum Gasteiger partial charge on any atom is -0.508 e. The van der Waals surface area contributed by atoms with Crippen molar-refractivity contribution in [3.05, 3.63) is 66.2 Å². The number of phenols is 1. The number of anilines is 2. The van der Waals surface area contributed by atoms with E-state index in [-0.39, 0.29) is 5.75 Å². The molecule has 0 aliphatic carbocycles. The monoisotopic (exact) mass is 290 g/mol. The Morgan fingerprint density at radius 1 is 0.636 bits per heavy atom. The van der Waals surface area contributed by atoms with Gasteiger partial charge >= 0.3 is 0 Å². The lowest BCUT2D eigenvalue weighted by atomic mass is 9.96. The predicted molar refractivity (Wildman–Crippen MR) is 92.5 cm³/mol. The summed E-state index contributed by atoms with van der Waals surface area (Å²) in [6.07, 6.45) is 0. The zero-order chi connectivity index (χ0) is 15.7. The van der Waals surface area contributed by atoms with Gasteiger partial charge in [0.1, 0.15) is 5.75 Å². The van der Waals surface area contributed by atoms with Gasteiger partial charge in [-0.2, -0.15) is 0 Å². The van der Waals surface area contributed by atoms with Crippen LogP contribution in [0.2, 0.25) is 0 Å². The molecule has 0 aliphatic rings. The molecule has 0 bridgehead atoms. The van der Waals surface area contributed by atoms with Gasteiger partial charge in [0.15, 0.2) is 0 Å². The first kappa shape index (κ1) is 14.0. The summed E-state index contributed by atoms with van der Waals surface area (Å²) < 4.78 is 0. The van der Waals surface area contributed by atoms with E-state index in [1.807, 2.05) is 36.4 Å². The lowest BCUT2D eigenvalue weighted by Crippen LogP contribution is -2.00. The van der Waals surface area contributed by atoms with E-state index in [1.54, 1.807) is 12.1 Å². The molecular weight excluding hydrogens is 272 g/mol. The molecule has 0 saturated carbocycles. The third kappa shape index (κ3) is 2.49. The Balaban J connectivity index is 2.08. The van der Waals surface area contributed by atoms with Crippen LogP contribution in [-0.4, -0.2) is 5.11 Å².